The molecule has 0 spiro atoms. The molecule has 0 radical (unpaired) electrons. The van der Waals surface area contributed by atoms with Crippen LogP contribution in [-0.2, 0) is 0 Å². The Morgan fingerprint density at radius 1 is 1.00 bits per heavy atom. The number of piperazine rings is 1. The number of benzene rings is 2. The van der Waals surface area contributed by atoms with Crippen LogP contribution in [0.3, 0.4) is 0 Å². The predicted octanol–water partition coefficient (Wildman–Crippen LogP) is 3.05. The van der Waals surface area contributed by atoms with E-state index in [-0.39, 0.29) is 5.91 Å². The molecule has 1 aromatic heterocycles. The van der Waals surface area contributed by atoms with Gasteiger partial charge in [0.2, 0.25) is 0 Å². The summed E-state index contributed by atoms with van der Waals surface area (Å²) in [6, 6.07) is 19.8. The summed E-state index contributed by atoms with van der Waals surface area (Å²) >= 11 is 0. The van der Waals surface area contributed by atoms with Gasteiger partial charge in [-0.05, 0) is 30.3 Å². The van der Waals surface area contributed by atoms with Gasteiger partial charge < -0.3 is 14.5 Å². The smallest absolute Gasteiger partial charge is 0.272 e. The van der Waals surface area contributed by atoms with Gasteiger partial charge in [0.15, 0.2) is 0 Å². The Morgan fingerprint density at radius 2 is 1.78 bits per heavy atom. The Bertz CT molecular complexity index is 915. The molecule has 6 heteroatoms. The van der Waals surface area contributed by atoms with Crippen LogP contribution in [0.5, 0.6) is 5.75 Å². The Hall–Kier alpha value is -3.28. The van der Waals surface area contributed by atoms with Crippen LogP contribution in [0.4, 0.5) is 5.69 Å². The van der Waals surface area contributed by atoms with Crippen molar-refractivity contribution in [3.8, 4) is 17.0 Å². The zero-order chi connectivity index (χ0) is 18.6. The largest absolute Gasteiger partial charge is 0.497 e. The number of aromatic nitrogens is 2. The molecule has 3 aromatic rings. The van der Waals surface area contributed by atoms with Gasteiger partial charge >= 0.3 is 0 Å². The lowest BCUT2D eigenvalue weighted by molar-refractivity contribution is 0.0741. The van der Waals surface area contributed by atoms with Crippen molar-refractivity contribution in [2.75, 3.05) is 38.2 Å². The summed E-state index contributed by atoms with van der Waals surface area (Å²) in [6.45, 7) is 3.04. The minimum Gasteiger partial charge on any atom is -0.497 e. The van der Waals surface area contributed by atoms with Crippen molar-refractivity contribution in [3.05, 3.63) is 66.4 Å². The van der Waals surface area contributed by atoms with Crippen LogP contribution in [-0.4, -0.2) is 54.3 Å². The van der Waals surface area contributed by atoms with E-state index in [0.29, 0.717) is 18.8 Å². The fraction of sp³-hybridized carbons (Fsp3) is 0.238. The van der Waals surface area contributed by atoms with Gasteiger partial charge in [-0.2, -0.15) is 5.10 Å². The lowest BCUT2D eigenvalue weighted by Gasteiger charge is -2.35. The molecule has 0 bridgehead atoms. The first kappa shape index (κ1) is 17.1. The Kier molecular flexibility index (Phi) is 4.78. The molecule has 1 saturated heterocycles. The van der Waals surface area contributed by atoms with E-state index in [2.05, 4.69) is 27.2 Å². The van der Waals surface area contributed by atoms with E-state index in [0.717, 1.165) is 30.1 Å². The summed E-state index contributed by atoms with van der Waals surface area (Å²) in [5, 5.41) is 7.19. The molecular formula is C21H22N4O2. The van der Waals surface area contributed by atoms with E-state index >= 15 is 0 Å². The van der Waals surface area contributed by atoms with E-state index in [1.54, 1.807) is 13.2 Å². The first-order chi connectivity index (χ1) is 13.2. The Balaban J connectivity index is 1.43. The van der Waals surface area contributed by atoms with Crippen LogP contribution >= 0.6 is 0 Å². The number of para-hydroxylation sites is 1. The molecule has 1 fully saturated rings. The molecule has 1 amide bonds. The second kappa shape index (κ2) is 7.53. The molecule has 1 N–H and O–H groups in total. The van der Waals surface area contributed by atoms with Crippen LogP contribution in [0.15, 0.2) is 60.7 Å². The first-order valence-corrected chi connectivity index (χ1v) is 9.04. The summed E-state index contributed by atoms with van der Waals surface area (Å²) in [5.74, 6) is 0.754. The summed E-state index contributed by atoms with van der Waals surface area (Å²) in [5.41, 5.74) is 3.37. The average molecular weight is 362 g/mol. The van der Waals surface area contributed by atoms with Gasteiger partial charge in [0, 0.05) is 37.4 Å². The standard InChI is InChI=1S/C21H22N4O2/c1-27-18-9-5-6-16(14-18)19-15-20(23-22-19)21(26)25-12-10-24(11-13-25)17-7-3-2-4-8-17/h2-9,14-15H,10-13H2,1H3,(H,22,23). The zero-order valence-electron chi connectivity index (χ0n) is 15.3. The number of hydrogen-bond acceptors (Lipinski definition) is 4. The van der Waals surface area contributed by atoms with Crippen LogP contribution in [0.25, 0.3) is 11.3 Å². The van der Waals surface area contributed by atoms with Gasteiger partial charge in [-0.15, -0.1) is 0 Å². The van der Waals surface area contributed by atoms with Crippen molar-refractivity contribution in [1.29, 1.82) is 0 Å². The van der Waals surface area contributed by atoms with Crippen molar-refractivity contribution >= 4 is 11.6 Å². The number of nitrogens with zero attached hydrogens (tertiary/aromatic N) is 3. The van der Waals surface area contributed by atoms with Crippen molar-refractivity contribution in [1.82, 2.24) is 15.1 Å². The number of methoxy groups -OCH3 is 1. The van der Waals surface area contributed by atoms with E-state index in [9.17, 15) is 4.79 Å². The molecular weight excluding hydrogens is 340 g/mol. The first-order valence-electron chi connectivity index (χ1n) is 9.04. The predicted molar refractivity (Wildman–Crippen MR) is 105 cm³/mol. The minimum absolute atomic E-state index is 0.00985. The normalized spacial score (nSPS) is 14.3. The van der Waals surface area contributed by atoms with Crippen LogP contribution in [0.1, 0.15) is 10.5 Å². The highest BCUT2D eigenvalue weighted by Crippen LogP contribution is 2.23. The highest BCUT2D eigenvalue weighted by Gasteiger charge is 2.23. The lowest BCUT2D eigenvalue weighted by atomic mass is 10.1. The number of hydrogen-bond donors (Lipinski definition) is 1. The number of carbonyl (C=O) groups excluding carboxylic acids is 1. The highest BCUT2D eigenvalue weighted by atomic mass is 16.5. The molecule has 6 nitrogen and oxygen atoms in total. The molecule has 0 aliphatic carbocycles. The molecule has 4 rings (SSSR count). The maximum absolute atomic E-state index is 12.8. The highest BCUT2D eigenvalue weighted by molar-refractivity contribution is 5.93. The van der Waals surface area contributed by atoms with Crippen LogP contribution < -0.4 is 9.64 Å². The third kappa shape index (κ3) is 3.65. The number of aromatic amines is 1. The van der Waals surface area contributed by atoms with E-state index in [1.165, 1.54) is 5.69 Å². The average Bonchev–Trinajstić information content (AvgIpc) is 3.24. The molecule has 1 aliphatic rings. The lowest BCUT2D eigenvalue weighted by Crippen LogP contribution is -2.48. The van der Waals surface area contributed by atoms with Crippen molar-refractivity contribution in [3.63, 3.8) is 0 Å². The second-order valence-corrected chi connectivity index (χ2v) is 6.51. The Morgan fingerprint density at radius 3 is 2.52 bits per heavy atom. The van der Waals surface area contributed by atoms with Crippen molar-refractivity contribution in [2.24, 2.45) is 0 Å². The molecule has 1 aliphatic heterocycles. The monoisotopic (exact) mass is 362 g/mol. The summed E-state index contributed by atoms with van der Waals surface area (Å²) < 4.78 is 5.25. The van der Waals surface area contributed by atoms with E-state index in [1.807, 2.05) is 47.4 Å². The molecule has 2 aromatic carbocycles. The molecule has 0 unspecified atom stereocenters. The minimum atomic E-state index is -0.00985. The summed E-state index contributed by atoms with van der Waals surface area (Å²) in [6.07, 6.45) is 0. The van der Waals surface area contributed by atoms with Gasteiger partial charge in [0.05, 0.1) is 12.8 Å². The number of amides is 1. The third-order valence-corrected chi connectivity index (χ3v) is 4.86. The molecule has 0 saturated carbocycles. The van der Waals surface area contributed by atoms with Gasteiger partial charge in [-0.25, -0.2) is 0 Å². The second-order valence-electron chi connectivity index (χ2n) is 6.51. The van der Waals surface area contributed by atoms with Gasteiger partial charge in [0.25, 0.3) is 5.91 Å². The van der Waals surface area contributed by atoms with E-state index in [4.69, 9.17) is 4.74 Å². The number of H-pyrrole nitrogens is 1. The number of rotatable bonds is 4. The van der Waals surface area contributed by atoms with Crippen molar-refractivity contribution in [2.45, 2.75) is 0 Å². The Labute approximate surface area is 158 Å². The summed E-state index contributed by atoms with van der Waals surface area (Å²) in [7, 11) is 1.63. The van der Waals surface area contributed by atoms with E-state index < -0.39 is 0 Å². The van der Waals surface area contributed by atoms with Crippen molar-refractivity contribution < 1.29 is 9.53 Å². The fourth-order valence-electron chi connectivity index (χ4n) is 3.34. The van der Waals surface area contributed by atoms with Gasteiger partial charge in [-0.3, -0.25) is 9.89 Å². The third-order valence-electron chi connectivity index (χ3n) is 4.86. The topological polar surface area (TPSA) is 61.5 Å². The molecule has 27 heavy (non-hydrogen) atoms. The zero-order valence-corrected chi connectivity index (χ0v) is 15.3. The molecule has 138 valence electrons. The van der Waals surface area contributed by atoms with Gasteiger partial charge in [0.1, 0.15) is 11.4 Å². The maximum Gasteiger partial charge on any atom is 0.272 e. The fourth-order valence-corrected chi connectivity index (χ4v) is 3.34. The summed E-state index contributed by atoms with van der Waals surface area (Å²) in [4.78, 5) is 17.0. The molecule has 2 heterocycles. The quantitative estimate of drug-likeness (QED) is 0.775. The SMILES string of the molecule is COc1cccc(-c2cc(C(=O)N3CCN(c4ccccc4)CC3)[nH]n2)c1. The maximum atomic E-state index is 12.8. The number of nitrogens with one attached hydrogen (secondary N) is 1. The molecule has 0 atom stereocenters. The number of ether oxygens (including phenoxy) is 1. The van der Waals surface area contributed by atoms with Crippen LogP contribution in [0, 0.1) is 0 Å². The number of anilines is 1. The van der Waals surface area contributed by atoms with Crippen LogP contribution in [0.2, 0.25) is 0 Å². The van der Waals surface area contributed by atoms with Gasteiger partial charge in [-0.1, -0.05) is 30.3 Å². The number of carbonyl (C=O) groups is 1.